The van der Waals surface area contributed by atoms with Gasteiger partial charge in [-0.2, -0.15) is 0 Å². The Morgan fingerprint density at radius 2 is 1.54 bits per heavy atom. The van der Waals surface area contributed by atoms with Gasteiger partial charge in [0.1, 0.15) is 0 Å². The minimum Gasteiger partial charge on any atom is -1.00 e. The van der Waals surface area contributed by atoms with E-state index >= 15 is 0 Å². The van der Waals surface area contributed by atoms with E-state index in [0.717, 1.165) is 6.42 Å². The van der Waals surface area contributed by atoms with Gasteiger partial charge >= 0.3 is 29.6 Å². The second kappa shape index (κ2) is 13.0. The molecule has 0 bridgehead atoms. The Balaban J connectivity index is -0.000000605. The van der Waals surface area contributed by atoms with Gasteiger partial charge in [0, 0.05) is 6.42 Å². The van der Waals surface area contributed by atoms with Crippen molar-refractivity contribution in [3.8, 4) is 0 Å². The van der Waals surface area contributed by atoms with Crippen molar-refractivity contribution in [2.75, 3.05) is 0 Å². The molecular weight excluding hydrogens is 191 g/mol. The summed E-state index contributed by atoms with van der Waals surface area (Å²) in [4.78, 5) is 10.4. The van der Waals surface area contributed by atoms with Gasteiger partial charge in [0.15, 0.2) is 5.12 Å². The van der Waals surface area contributed by atoms with E-state index in [9.17, 15) is 4.79 Å². The first-order valence-corrected chi connectivity index (χ1v) is 5.44. The van der Waals surface area contributed by atoms with Gasteiger partial charge in [0.25, 0.3) is 0 Å². The van der Waals surface area contributed by atoms with Gasteiger partial charge in [-0.15, -0.1) is 12.6 Å². The van der Waals surface area contributed by atoms with E-state index in [1.807, 2.05) is 0 Å². The fraction of sp³-hybridized carbons (Fsp3) is 0.900. The summed E-state index contributed by atoms with van der Waals surface area (Å²) in [5.41, 5.74) is 0. The second-order valence-electron chi connectivity index (χ2n) is 3.27. The molecule has 0 aromatic carbocycles. The summed E-state index contributed by atoms with van der Waals surface area (Å²) in [7, 11) is 0. The molecule has 0 aliphatic heterocycles. The normalized spacial score (nSPS) is 9.38. The minimum absolute atomic E-state index is 0. The molecule has 0 unspecified atom stereocenters. The molecule has 0 heterocycles. The Kier molecular flexibility index (Phi) is 16.5. The number of carbonyl (C=O) groups excluding carboxylic acids is 1. The summed E-state index contributed by atoms with van der Waals surface area (Å²) < 4.78 is 0. The van der Waals surface area contributed by atoms with Crippen LogP contribution in [0.25, 0.3) is 0 Å². The number of thiol groups is 1. The van der Waals surface area contributed by atoms with Gasteiger partial charge in [0.2, 0.25) is 0 Å². The Morgan fingerprint density at radius 1 is 1.08 bits per heavy atom. The van der Waals surface area contributed by atoms with Crippen molar-refractivity contribution < 1.29 is 35.8 Å². The molecule has 0 spiro atoms. The van der Waals surface area contributed by atoms with Crippen LogP contribution in [-0.2, 0) is 4.79 Å². The van der Waals surface area contributed by atoms with E-state index in [1.165, 1.54) is 38.5 Å². The van der Waals surface area contributed by atoms with Crippen molar-refractivity contribution in [1.29, 1.82) is 0 Å². The summed E-state index contributed by atoms with van der Waals surface area (Å²) in [5, 5.41) is 0.0311. The van der Waals surface area contributed by atoms with Crippen LogP contribution in [0.1, 0.15) is 59.7 Å². The van der Waals surface area contributed by atoms with Crippen LogP contribution in [0.5, 0.6) is 0 Å². The maximum Gasteiger partial charge on any atom is 1.00 e. The van der Waals surface area contributed by atoms with Crippen LogP contribution in [-0.4, -0.2) is 5.12 Å². The van der Waals surface area contributed by atoms with Gasteiger partial charge in [-0.1, -0.05) is 45.4 Å². The summed E-state index contributed by atoms with van der Waals surface area (Å²) in [6, 6.07) is 0. The van der Waals surface area contributed by atoms with E-state index < -0.39 is 0 Å². The predicted octanol–water partition coefficient (Wildman–Crippen LogP) is 0.700. The Bertz CT molecular complexity index is 123. The van der Waals surface area contributed by atoms with E-state index in [4.69, 9.17) is 0 Å². The molecular formula is C10H21NaOS. The molecule has 0 rings (SSSR count). The summed E-state index contributed by atoms with van der Waals surface area (Å²) in [5.74, 6) is 0. The summed E-state index contributed by atoms with van der Waals surface area (Å²) >= 11 is 3.72. The van der Waals surface area contributed by atoms with Crippen LogP contribution in [0.2, 0.25) is 0 Å². The number of hydrogen-bond acceptors (Lipinski definition) is 1. The van der Waals surface area contributed by atoms with E-state index in [-0.39, 0.29) is 36.1 Å². The maximum absolute atomic E-state index is 10.4. The first kappa shape index (κ1) is 16.4. The standard InChI is InChI=1S/C10H20OS.Na.H/c1-2-3-4-5-6-7-8-9-10(11)12;;/h2-9H2,1H3,(H,11,12);;/q;+1;-1. The van der Waals surface area contributed by atoms with Gasteiger partial charge in [-0.25, -0.2) is 0 Å². The molecule has 0 saturated carbocycles. The number of unbranched alkanes of at least 4 members (excludes halogenated alkanes) is 6. The van der Waals surface area contributed by atoms with Crippen LogP contribution < -0.4 is 29.6 Å². The molecule has 0 atom stereocenters. The molecule has 0 radical (unpaired) electrons. The third-order valence-electron chi connectivity index (χ3n) is 1.99. The molecule has 3 heteroatoms. The van der Waals surface area contributed by atoms with Crippen LogP contribution in [0.3, 0.4) is 0 Å². The van der Waals surface area contributed by atoms with Crippen molar-refractivity contribution in [1.82, 2.24) is 0 Å². The summed E-state index contributed by atoms with van der Waals surface area (Å²) in [6.07, 6.45) is 9.48. The molecule has 0 aromatic heterocycles. The molecule has 74 valence electrons. The van der Waals surface area contributed by atoms with Crippen molar-refractivity contribution in [2.24, 2.45) is 0 Å². The van der Waals surface area contributed by atoms with E-state index in [1.54, 1.807) is 0 Å². The number of rotatable bonds is 8. The Morgan fingerprint density at radius 3 is 2.00 bits per heavy atom. The zero-order chi connectivity index (χ0) is 9.23. The molecule has 0 saturated heterocycles. The van der Waals surface area contributed by atoms with Crippen molar-refractivity contribution in [2.45, 2.75) is 58.3 Å². The van der Waals surface area contributed by atoms with Crippen molar-refractivity contribution >= 4 is 17.7 Å². The second-order valence-corrected chi connectivity index (χ2v) is 3.76. The maximum atomic E-state index is 10.4. The van der Waals surface area contributed by atoms with Gasteiger partial charge in [0.05, 0.1) is 0 Å². The average molecular weight is 212 g/mol. The largest absolute Gasteiger partial charge is 1.00 e. The molecule has 1 nitrogen and oxygen atoms in total. The predicted molar refractivity (Wildman–Crippen MR) is 57.7 cm³/mol. The van der Waals surface area contributed by atoms with Crippen molar-refractivity contribution in [3.63, 3.8) is 0 Å². The fourth-order valence-electron chi connectivity index (χ4n) is 1.23. The zero-order valence-corrected chi connectivity index (χ0v) is 11.9. The zero-order valence-electron chi connectivity index (χ0n) is 10.0. The molecule has 0 aromatic rings. The average Bonchev–Trinajstić information content (AvgIpc) is 2.02. The van der Waals surface area contributed by atoms with Crippen LogP contribution in [0.15, 0.2) is 0 Å². The monoisotopic (exact) mass is 212 g/mol. The SMILES string of the molecule is CCCCCCCCCC(=O)S.[H-].[Na+]. The van der Waals surface area contributed by atoms with Crippen LogP contribution >= 0.6 is 12.6 Å². The molecule has 0 fully saturated rings. The fourth-order valence-corrected chi connectivity index (χ4v) is 1.39. The Labute approximate surface area is 111 Å². The quantitative estimate of drug-likeness (QED) is 0.356. The molecule has 0 aliphatic rings. The minimum atomic E-state index is 0. The van der Waals surface area contributed by atoms with Crippen LogP contribution in [0.4, 0.5) is 0 Å². The van der Waals surface area contributed by atoms with Crippen molar-refractivity contribution in [3.05, 3.63) is 0 Å². The first-order valence-electron chi connectivity index (χ1n) is 4.99. The number of carbonyl (C=O) groups is 1. The Hall–Kier alpha value is 1.02. The van der Waals surface area contributed by atoms with Gasteiger partial charge in [-0.3, -0.25) is 4.79 Å². The third-order valence-corrected chi connectivity index (χ3v) is 2.22. The molecule has 13 heavy (non-hydrogen) atoms. The first-order chi connectivity index (χ1) is 5.77. The topological polar surface area (TPSA) is 17.1 Å². The van der Waals surface area contributed by atoms with Crippen LogP contribution in [0, 0.1) is 0 Å². The molecule has 0 amide bonds. The van der Waals surface area contributed by atoms with Gasteiger partial charge in [-0.05, 0) is 6.42 Å². The van der Waals surface area contributed by atoms with E-state index in [2.05, 4.69) is 19.6 Å². The number of hydrogen-bond donors (Lipinski definition) is 1. The van der Waals surface area contributed by atoms with E-state index in [0.29, 0.717) is 6.42 Å². The smallest absolute Gasteiger partial charge is 1.00 e. The molecule has 0 aliphatic carbocycles. The third kappa shape index (κ3) is 15.7. The molecule has 0 N–H and O–H groups in total. The van der Waals surface area contributed by atoms with Gasteiger partial charge < -0.3 is 1.43 Å². The summed E-state index contributed by atoms with van der Waals surface area (Å²) in [6.45, 7) is 2.22.